The van der Waals surface area contributed by atoms with Crippen LogP contribution in [-0.4, -0.2) is 40.1 Å². The Morgan fingerprint density at radius 1 is 0.872 bits per heavy atom. The van der Waals surface area contributed by atoms with E-state index in [2.05, 4.69) is 10.2 Å². The molecular formula is C30H25Cl2FN4OS. The second-order valence-corrected chi connectivity index (χ2v) is 10.9. The van der Waals surface area contributed by atoms with E-state index in [9.17, 15) is 9.50 Å². The number of halogens is 3. The summed E-state index contributed by atoms with van der Waals surface area (Å²) in [5.41, 5.74) is 4.48. The summed E-state index contributed by atoms with van der Waals surface area (Å²) in [6.07, 6.45) is 0. The lowest BCUT2D eigenvalue weighted by molar-refractivity contribution is 0.304. The lowest BCUT2D eigenvalue weighted by Crippen LogP contribution is -2.20. The first-order valence-electron chi connectivity index (χ1n) is 12.2. The van der Waals surface area contributed by atoms with E-state index in [1.165, 1.54) is 23.9 Å². The number of nitrogens with zero attached hydrogens (tertiary/aromatic N) is 4. The maximum Gasteiger partial charge on any atom is 0.197 e. The van der Waals surface area contributed by atoms with Gasteiger partial charge in [-0.2, -0.15) is 0 Å². The van der Waals surface area contributed by atoms with Crippen molar-refractivity contribution in [3.8, 4) is 17.1 Å². The van der Waals surface area contributed by atoms with Gasteiger partial charge in [0.1, 0.15) is 5.82 Å². The third-order valence-electron chi connectivity index (χ3n) is 6.27. The van der Waals surface area contributed by atoms with Gasteiger partial charge in [0.2, 0.25) is 0 Å². The second-order valence-electron chi connectivity index (χ2n) is 8.91. The number of likely N-dealkylation sites (N-methyl/N-ethyl adjacent to an activating group) is 1. The summed E-state index contributed by atoms with van der Waals surface area (Å²) < 4.78 is 16.2. The van der Waals surface area contributed by atoms with Gasteiger partial charge in [-0.05, 0) is 71.8 Å². The van der Waals surface area contributed by atoms with Gasteiger partial charge in [0.25, 0.3) is 0 Å². The molecule has 0 amide bonds. The Kier molecular flexibility index (Phi) is 8.53. The molecule has 0 aliphatic carbocycles. The third kappa shape index (κ3) is 6.28. The summed E-state index contributed by atoms with van der Waals surface area (Å²) in [6, 6.07) is 29.7. The molecule has 4 aromatic carbocycles. The average molecular weight is 580 g/mol. The minimum absolute atomic E-state index is 0.0605. The molecular weight excluding hydrogens is 554 g/mol. The molecule has 1 aromatic heterocycles. The van der Waals surface area contributed by atoms with Gasteiger partial charge < -0.3 is 10.0 Å². The molecule has 5 rings (SSSR count). The number of aliphatic hydroxyl groups is 1. The molecule has 0 unspecified atom stereocenters. The van der Waals surface area contributed by atoms with Crippen LogP contribution in [0.5, 0.6) is 0 Å². The van der Waals surface area contributed by atoms with E-state index >= 15 is 0 Å². The number of thioether (sulfide) groups is 1. The van der Waals surface area contributed by atoms with Crippen LogP contribution in [0.3, 0.4) is 0 Å². The van der Waals surface area contributed by atoms with Gasteiger partial charge in [0, 0.05) is 40.6 Å². The van der Waals surface area contributed by atoms with Gasteiger partial charge in [-0.25, -0.2) is 4.39 Å². The highest BCUT2D eigenvalue weighted by Crippen LogP contribution is 2.42. The average Bonchev–Trinajstić information content (AvgIpc) is 3.37. The summed E-state index contributed by atoms with van der Waals surface area (Å²) in [5.74, 6) is 0.178. The smallest absolute Gasteiger partial charge is 0.197 e. The zero-order valence-corrected chi connectivity index (χ0v) is 23.3. The monoisotopic (exact) mass is 578 g/mol. The molecule has 0 aliphatic rings. The molecule has 5 aromatic rings. The molecule has 1 N–H and O–H groups in total. The molecule has 0 atom stereocenters. The summed E-state index contributed by atoms with van der Waals surface area (Å²) >= 11 is 13.9. The Labute approximate surface area is 240 Å². The van der Waals surface area contributed by atoms with Crippen LogP contribution in [0.15, 0.2) is 102 Å². The molecule has 0 fully saturated rings. The molecule has 5 nitrogen and oxygen atoms in total. The largest absolute Gasteiger partial charge is 0.395 e. The number of aromatic nitrogens is 3. The highest BCUT2D eigenvalue weighted by molar-refractivity contribution is 7.99. The fourth-order valence-electron chi connectivity index (χ4n) is 4.24. The Hall–Kier alpha value is -3.36. The number of aliphatic hydroxyl groups excluding tert-OH is 1. The Bertz CT molecular complexity index is 1500. The lowest BCUT2D eigenvalue weighted by atomic mass is 10.0. The van der Waals surface area contributed by atoms with Gasteiger partial charge >= 0.3 is 0 Å². The van der Waals surface area contributed by atoms with Crippen molar-refractivity contribution in [2.75, 3.05) is 25.1 Å². The summed E-state index contributed by atoms with van der Waals surface area (Å²) in [7, 11) is 1.92. The SMILES string of the molecule is CN(CCO)c1ccc(-n2c(SC(c3ccc(Cl)cc3)c3ccc(Cl)cc3)nnc2-c2cccc(F)c2)cc1. The van der Waals surface area contributed by atoms with Gasteiger partial charge in [-0.3, -0.25) is 4.57 Å². The van der Waals surface area contributed by atoms with Crippen LogP contribution in [-0.2, 0) is 0 Å². The van der Waals surface area contributed by atoms with Crippen LogP contribution in [0, 0.1) is 5.82 Å². The molecule has 0 saturated carbocycles. The van der Waals surface area contributed by atoms with Crippen LogP contribution in [0.2, 0.25) is 10.0 Å². The van der Waals surface area contributed by atoms with Crippen molar-refractivity contribution in [3.63, 3.8) is 0 Å². The number of benzene rings is 4. The number of rotatable bonds is 9. The quantitative estimate of drug-likeness (QED) is 0.182. The molecule has 0 spiro atoms. The van der Waals surface area contributed by atoms with Crippen molar-refractivity contribution in [1.29, 1.82) is 0 Å². The van der Waals surface area contributed by atoms with E-state index < -0.39 is 0 Å². The number of anilines is 1. The highest BCUT2D eigenvalue weighted by Gasteiger charge is 2.23. The topological polar surface area (TPSA) is 54.2 Å². The van der Waals surface area contributed by atoms with Gasteiger partial charge in [-0.1, -0.05) is 71.4 Å². The first-order chi connectivity index (χ1) is 18.9. The normalized spacial score (nSPS) is 11.2. The van der Waals surface area contributed by atoms with Gasteiger partial charge in [-0.15, -0.1) is 10.2 Å². The molecule has 0 saturated heterocycles. The van der Waals surface area contributed by atoms with Crippen LogP contribution in [0.25, 0.3) is 17.1 Å². The first-order valence-corrected chi connectivity index (χ1v) is 13.9. The second kappa shape index (κ2) is 12.2. The fourth-order valence-corrected chi connectivity index (χ4v) is 5.67. The van der Waals surface area contributed by atoms with E-state index in [1.54, 1.807) is 6.07 Å². The summed E-state index contributed by atoms with van der Waals surface area (Å²) in [6.45, 7) is 0.580. The first kappa shape index (κ1) is 27.2. The zero-order chi connectivity index (χ0) is 27.4. The van der Waals surface area contributed by atoms with Crippen molar-refractivity contribution >= 4 is 40.7 Å². The van der Waals surface area contributed by atoms with E-state index in [0.29, 0.717) is 33.1 Å². The number of hydrogen-bond acceptors (Lipinski definition) is 5. The fraction of sp³-hybridized carbons (Fsp3) is 0.133. The van der Waals surface area contributed by atoms with Crippen molar-refractivity contribution < 1.29 is 9.50 Å². The molecule has 0 bridgehead atoms. The molecule has 9 heteroatoms. The van der Waals surface area contributed by atoms with E-state index in [4.69, 9.17) is 23.2 Å². The standard InChI is InChI=1S/C30H25Cl2FN4OS/c1-36(17-18-38)26-13-15-27(16-14-26)37-29(22-3-2-4-25(33)19-22)34-35-30(37)39-28(20-5-9-23(31)10-6-20)21-7-11-24(32)12-8-21/h2-16,19,28,38H,17-18H2,1H3. The Morgan fingerprint density at radius 2 is 1.49 bits per heavy atom. The van der Waals surface area contributed by atoms with Crippen LogP contribution < -0.4 is 4.90 Å². The lowest BCUT2D eigenvalue weighted by Gasteiger charge is -2.20. The van der Waals surface area contributed by atoms with E-state index in [-0.39, 0.29) is 17.7 Å². The molecule has 0 aliphatic heterocycles. The maximum absolute atomic E-state index is 14.2. The van der Waals surface area contributed by atoms with E-state index in [0.717, 1.165) is 22.5 Å². The van der Waals surface area contributed by atoms with E-state index in [1.807, 2.05) is 95.4 Å². The van der Waals surface area contributed by atoms with Crippen LogP contribution in [0.4, 0.5) is 10.1 Å². The summed E-state index contributed by atoms with van der Waals surface area (Å²) in [5, 5.41) is 20.2. The Morgan fingerprint density at radius 3 is 2.05 bits per heavy atom. The zero-order valence-electron chi connectivity index (χ0n) is 21.0. The number of hydrogen-bond donors (Lipinski definition) is 1. The predicted octanol–water partition coefficient (Wildman–Crippen LogP) is 7.69. The minimum Gasteiger partial charge on any atom is -0.395 e. The van der Waals surface area contributed by atoms with Crippen molar-refractivity contribution in [1.82, 2.24) is 14.8 Å². The van der Waals surface area contributed by atoms with Gasteiger partial charge in [0.05, 0.1) is 11.9 Å². The Balaban J connectivity index is 1.61. The third-order valence-corrected chi connectivity index (χ3v) is 8.03. The molecule has 0 radical (unpaired) electrons. The van der Waals surface area contributed by atoms with Crippen molar-refractivity contribution in [3.05, 3.63) is 124 Å². The van der Waals surface area contributed by atoms with Crippen LogP contribution in [0.1, 0.15) is 16.4 Å². The summed E-state index contributed by atoms with van der Waals surface area (Å²) in [4.78, 5) is 1.97. The van der Waals surface area contributed by atoms with Crippen molar-refractivity contribution in [2.24, 2.45) is 0 Å². The predicted molar refractivity (Wildman–Crippen MR) is 158 cm³/mol. The highest BCUT2D eigenvalue weighted by atomic mass is 35.5. The maximum atomic E-state index is 14.2. The van der Waals surface area contributed by atoms with Gasteiger partial charge in [0.15, 0.2) is 11.0 Å². The van der Waals surface area contributed by atoms with Crippen LogP contribution >= 0.6 is 35.0 Å². The van der Waals surface area contributed by atoms with Crippen molar-refractivity contribution in [2.45, 2.75) is 10.4 Å². The molecule has 39 heavy (non-hydrogen) atoms. The molecule has 198 valence electrons. The minimum atomic E-state index is -0.350. The molecule has 1 heterocycles.